The molecule has 1 aromatic carbocycles. The van der Waals surface area contributed by atoms with Crippen molar-refractivity contribution in [3.8, 4) is 0 Å². The Bertz CT molecular complexity index is 467. The summed E-state index contributed by atoms with van der Waals surface area (Å²) in [6, 6.07) is 5.51. The van der Waals surface area contributed by atoms with Crippen LogP contribution in [0.5, 0.6) is 0 Å². The first-order chi connectivity index (χ1) is 7.48. The fourth-order valence-electron chi connectivity index (χ4n) is 2.00. The standard InChI is InChI=1S/C11H13FO3S/c12-10-3-1-8(2-4-10)11(13)9-5-6-16(14,15)7-9/h1-4,9,11,13H,5-7H2. The minimum absolute atomic E-state index is 0.0194. The zero-order valence-corrected chi connectivity index (χ0v) is 9.45. The zero-order valence-electron chi connectivity index (χ0n) is 8.64. The molecule has 1 N–H and O–H groups in total. The first kappa shape index (κ1) is 11.5. The lowest BCUT2D eigenvalue weighted by atomic mass is 9.95. The SMILES string of the molecule is O=S1(=O)CCC(C(O)c2ccc(F)cc2)C1. The van der Waals surface area contributed by atoms with Gasteiger partial charge in [0, 0.05) is 5.92 Å². The van der Waals surface area contributed by atoms with Crippen molar-refractivity contribution in [3.05, 3.63) is 35.6 Å². The molecule has 5 heteroatoms. The number of aliphatic hydroxyl groups excluding tert-OH is 1. The Morgan fingerprint density at radius 2 is 1.94 bits per heavy atom. The molecule has 2 unspecified atom stereocenters. The van der Waals surface area contributed by atoms with Gasteiger partial charge in [0.1, 0.15) is 5.82 Å². The molecule has 1 saturated heterocycles. The van der Waals surface area contributed by atoms with Gasteiger partial charge in [-0.25, -0.2) is 12.8 Å². The van der Waals surface area contributed by atoms with Gasteiger partial charge in [-0.1, -0.05) is 12.1 Å². The monoisotopic (exact) mass is 244 g/mol. The molecule has 0 saturated carbocycles. The van der Waals surface area contributed by atoms with E-state index in [1.807, 2.05) is 0 Å². The van der Waals surface area contributed by atoms with Gasteiger partial charge in [-0.3, -0.25) is 0 Å². The summed E-state index contributed by atoms with van der Waals surface area (Å²) >= 11 is 0. The van der Waals surface area contributed by atoms with E-state index >= 15 is 0 Å². The summed E-state index contributed by atoms with van der Waals surface area (Å²) < 4.78 is 35.2. The van der Waals surface area contributed by atoms with Crippen molar-refractivity contribution in [3.63, 3.8) is 0 Å². The van der Waals surface area contributed by atoms with Gasteiger partial charge in [-0.05, 0) is 24.1 Å². The number of halogens is 1. The minimum Gasteiger partial charge on any atom is -0.388 e. The molecule has 3 nitrogen and oxygen atoms in total. The zero-order chi connectivity index (χ0) is 11.8. The molecule has 1 aliphatic heterocycles. The fraction of sp³-hybridized carbons (Fsp3) is 0.455. The van der Waals surface area contributed by atoms with Crippen LogP contribution in [0.15, 0.2) is 24.3 Å². The summed E-state index contributed by atoms with van der Waals surface area (Å²) in [5.74, 6) is -0.480. The number of sulfone groups is 1. The number of hydrogen-bond donors (Lipinski definition) is 1. The molecule has 0 aliphatic carbocycles. The normalized spacial score (nSPS) is 25.5. The Hall–Kier alpha value is -0.940. The number of rotatable bonds is 2. The molecule has 0 spiro atoms. The average Bonchev–Trinajstić information content (AvgIpc) is 2.59. The van der Waals surface area contributed by atoms with E-state index < -0.39 is 15.9 Å². The topological polar surface area (TPSA) is 54.4 Å². The highest BCUT2D eigenvalue weighted by Gasteiger charge is 2.33. The fourth-order valence-corrected chi connectivity index (χ4v) is 3.83. The lowest BCUT2D eigenvalue weighted by Gasteiger charge is -2.16. The van der Waals surface area contributed by atoms with Crippen LogP contribution < -0.4 is 0 Å². The van der Waals surface area contributed by atoms with Crippen LogP contribution in [0.3, 0.4) is 0 Å². The van der Waals surface area contributed by atoms with E-state index in [0.29, 0.717) is 12.0 Å². The van der Waals surface area contributed by atoms with Crippen molar-refractivity contribution in [2.45, 2.75) is 12.5 Å². The Balaban J connectivity index is 2.14. The summed E-state index contributed by atoms with van der Waals surface area (Å²) in [7, 11) is -2.99. The summed E-state index contributed by atoms with van der Waals surface area (Å²) in [4.78, 5) is 0. The van der Waals surface area contributed by atoms with Crippen LogP contribution in [0, 0.1) is 11.7 Å². The number of aliphatic hydroxyl groups is 1. The molecule has 0 bridgehead atoms. The van der Waals surface area contributed by atoms with Gasteiger partial charge < -0.3 is 5.11 Å². The largest absolute Gasteiger partial charge is 0.388 e. The molecule has 0 aromatic heterocycles. The highest BCUT2D eigenvalue weighted by molar-refractivity contribution is 7.91. The summed E-state index contributed by atoms with van der Waals surface area (Å²) in [6.07, 6.45) is -0.348. The molecule has 88 valence electrons. The summed E-state index contributed by atoms with van der Waals surface area (Å²) in [5.41, 5.74) is 0.573. The van der Waals surface area contributed by atoms with Crippen molar-refractivity contribution in [2.75, 3.05) is 11.5 Å². The first-order valence-electron chi connectivity index (χ1n) is 5.12. The minimum atomic E-state index is -2.99. The smallest absolute Gasteiger partial charge is 0.150 e. The van der Waals surface area contributed by atoms with Crippen molar-refractivity contribution < 1.29 is 17.9 Å². The molecule has 1 aromatic rings. The van der Waals surface area contributed by atoms with E-state index in [1.54, 1.807) is 0 Å². The molecular weight excluding hydrogens is 231 g/mol. The molecule has 1 aliphatic rings. The van der Waals surface area contributed by atoms with Gasteiger partial charge in [0.2, 0.25) is 0 Å². The van der Waals surface area contributed by atoms with Crippen LogP contribution in [-0.4, -0.2) is 25.0 Å². The molecule has 1 heterocycles. The maximum atomic E-state index is 12.7. The Morgan fingerprint density at radius 1 is 1.31 bits per heavy atom. The van der Waals surface area contributed by atoms with Gasteiger partial charge in [-0.2, -0.15) is 0 Å². The highest BCUT2D eigenvalue weighted by atomic mass is 32.2. The molecule has 0 radical (unpaired) electrons. The lowest BCUT2D eigenvalue weighted by Crippen LogP contribution is -2.14. The van der Waals surface area contributed by atoms with Crippen molar-refractivity contribution in [1.29, 1.82) is 0 Å². The van der Waals surface area contributed by atoms with Gasteiger partial charge >= 0.3 is 0 Å². The van der Waals surface area contributed by atoms with Crippen LogP contribution in [0.2, 0.25) is 0 Å². The quantitative estimate of drug-likeness (QED) is 0.853. The van der Waals surface area contributed by atoms with Crippen LogP contribution in [0.1, 0.15) is 18.1 Å². The third kappa shape index (κ3) is 2.41. The lowest BCUT2D eigenvalue weighted by molar-refractivity contribution is 0.121. The van der Waals surface area contributed by atoms with Gasteiger partial charge in [-0.15, -0.1) is 0 Å². The molecule has 1 fully saturated rings. The molecule has 16 heavy (non-hydrogen) atoms. The van der Waals surface area contributed by atoms with Crippen molar-refractivity contribution in [2.24, 2.45) is 5.92 Å². The van der Waals surface area contributed by atoms with E-state index in [9.17, 15) is 17.9 Å². The first-order valence-corrected chi connectivity index (χ1v) is 6.94. The molecule has 2 atom stereocenters. The second-order valence-corrected chi connectivity index (χ2v) is 6.39. The van der Waals surface area contributed by atoms with E-state index in [0.717, 1.165) is 0 Å². The molecule has 0 amide bonds. The van der Waals surface area contributed by atoms with Gasteiger partial charge in [0.25, 0.3) is 0 Å². The predicted molar refractivity (Wildman–Crippen MR) is 58.1 cm³/mol. The maximum absolute atomic E-state index is 12.7. The third-order valence-electron chi connectivity index (χ3n) is 2.93. The van der Waals surface area contributed by atoms with Crippen molar-refractivity contribution >= 4 is 9.84 Å². The van der Waals surface area contributed by atoms with Gasteiger partial charge in [0.15, 0.2) is 9.84 Å². The van der Waals surface area contributed by atoms with E-state index in [-0.39, 0.29) is 23.2 Å². The molecule has 2 rings (SSSR count). The van der Waals surface area contributed by atoms with Crippen molar-refractivity contribution in [1.82, 2.24) is 0 Å². The van der Waals surface area contributed by atoms with Crippen LogP contribution in [-0.2, 0) is 9.84 Å². The van der Waals surface area contributed by atoms with Crippen LogP contribution >= 0.6 is 0 Å². The summed E-state index contributed by atoms with van der Waals surface area (Å²) in [6.45, 7) is 0. The second kappa shape index (κ2) is 4.14. The van der Waals surface area contributed by atoms with E-state index in [2.05, 4.69) is 0 Å². The number of hydrogen-bond acceptors (Lipinski definition) is 3. The Labute approximate surface area is 93.8 Å². The predicted octanol–water partition coefficient (Wildman–Crippen LogP) is 1.29. The Kier molecular flexibility index (Phi) is 2.99. The average molecular weight is 244 g/mol. The summed E-state index contributed by atoms with van der Waals surface area (Å²) in [5, 5.41) is 9.96. The van der Waals surface area contributed by atoms with E-state index in [1.165, 1.54) is 24.3 Å². The molecular formula is C11H13FO3S. The number of benzene rings is 1. The third-order valence-corrected chi connectivity index (χ3v) is 4.72. The highest BCUT2D eigenvalue weighted by Crippen LogP contribution is 2.31. The second-order valence-electron chi connectivity index (χ2n) is 4.16. The maximum Gasteiger partial charge on any atom is 0.150 e. The van der Waals surface area contributed by atoms with Crippen LogP contribution in [0.4, 0.5) is 4.39 Å². The Morgan fingerprint density at radius 3 is 2.44 bits per heavy atom. The van der Waals surface area contributed by atoms with Crippen LogP contribution in [0.25, 0.3) is 0 Å². The van der Waals surface area contributed by atoms with E-state index in [4.69, 9.17) is 0 Å². The van der Waals surface area contributed by atoms with Gasteiger partial charge in [0.05, 0.1) is 17.6 Å².